The van der Waals surface area contributed by atoms with Gasteiger partial charge in [0, 0.05) is 58.3 Å². The molecule has 2 heterocycles. The molecule has 2 fully saturated rings. The van der Waals surface area contributed by atoms with E-state index >= 15 is 0 Å². The van der Waals surface area contributed by atoms with E-state index in [1.807, 2.05) is 25.8 Å². The number of nitrogens with one attached hydrogen (secondary N) is 2. The Morgan fingerprint density at radius 2 is 2.00 bits per heavy atom. The third-order valence-corrected chi connectivity index (χ3v) is 5.09. The number of aliphatic imine (C=N–C) groups is 1. The van der Waals surface area contributed by atoms with E-state index in [-0.39, 0.29) is 11.8 Å². The normalized spacial score (nSPS) is 23.8. The fourth-order valence-corrected chi connectivity index (χ4v) is 3.49. The van der Waals surface area contributed by atoms with E-state index in [9.17, 15) is 4.79 Å². The molecule has 0 radical (unpaired) electrons. The molecule has 2 saturated heterocycles. The van der Waals surface area contributed by atoms with Crippen molar-refractivity contribution in [2.75, 3.05) is 66.5 Å². The SMILES string of the molecule is CN=C(NCCN1CCCN(C)CC1)NC1CCN(C(=O)C(C)C)C1. The maximum Gasteiger partial charge on any atom is 0.225 e. The lowest BCUT2D eigenvalue weighted by atomic mass is 10.2. The number of likely N-dealkylation sites (tertiary alicyclic amines) is 1. The van der Waals surface area contributed by atoms with Crippen molar-refractivity contribution < 1.29 is 4.79 Å². The zero-order valence-corrected chi connectivity index (χ0v) is 16.4. The molecule has 25 heavy (non-hydrogen) atoms. The van der Waals surface area contributed by atoms with E-state index in [1.165, 1.54) is 19.5 Å². The second-order valence-electron chi connectivity index (χ2n) is 7.57. The van der Waals surface area contributed by atoms with Crippen LogP contribution in [0.15, 0.2) is 4.99 Å². The quantitative estimate of drug-likeness (QED) is 0.541. The minimum absolute atomic E-state index is 0.0730. The van der Waals surface area contributed by atoms with Crippen LogP contribution in [0.25, 0.3) is 0 Å². The van der Waals surface area contributed by atoms with E-state index in [2.05, 4.69) is 32.5 Å². The number of amides is 1. The first-order valence-corrected chi connectivity index (χ1v) is 9.66. The Bertz CT molecular complexity index is 453. The van der Waals surface area contributed by atoms with Gasteiger partial charge in [0.05, 0.1) is 0 Å². The molecule has 1 amide bonds. The van der Waals surface area contributed by atoms with Gasteiger partial charge in [-0.2, -0.15) is 0 Å². The lowest BCUT2D eigenvalue weighted by Gasteiger charge is -2.22. The Labute approximate surface area is 152 Å². The fraction of sp³-hybridized carbons (Fsp3) is 0.889. The zero-order chi connectivity index (χ0) is 18.2. The van der Waals surface area contributed by atoms with Gasteiger partial charge < -0.3 is 25.3 Å². The molecule has 2 N–H and O–H groups in total. The number of carbonyl (C=O) groups excluding carboxylic acids is 1. The maximum absolute atomic E-state index is 12.1. The van der Waals surface area contributed by atoms with E-state index < -0.39 is 0 Å². The van der Waals surface area contributed by atoms with Gasteiger partial charge in [0.25, 0.3) is 0 Å². The van der Waals surface area contributed by atoms with Crippen LogP contribution < -0.4 is 10.6 Å². The highest BCUT2D eigenvalue weighted by molar-refractivity contribution is 5.81. The molecule has 2 aliphatic heterocycles. The third kappa shape index (κ3) is 6.47. The van der Waals surface area contributed by atoms with Crippen LogP contribution in [0.4, 0.5) is 0 Å². The summed E-state index contributed by atoms with van der Waals surface area (Å²) < 4.78 is 0. The maximum atomic E-state index is 12.1. The summed E-state index contributed by atoms with van der Waals surface area (Å²) in [5, 5.41) is 6.89. The van der Waals surface area contributed by atoms with Gasteiger partial charge in [-0.3, -0.25) is 9.79 Å². The van der Waals surface area contributed by atoms with Gasteiger partial charge in [-0.05, 0) is 33.0 Å². The molecule has 1 atom stereocenters. The summed E-state index contributed by atoms with van der Waals surface area (Å²) in [6.45, 7) is 12.1. The number of likely N-dealkylation sites (N-methyl/N-ethyl adjacent to an activating group) is 1. The Balaban J connectivity index is 1.68. The standard InChI is InChI=1S/C18H36N6O/c1-15(2)17(25)24-10-6-16(14-24)21-18(19-3)20-7-11-23-9-5-8-22(4)12-13-23/h15-16H,5-14H2,1-4H3,(H2,19,20,21). The van der Waals surface area contributed by atoms with Gasteiger partial charge in [-0.1, -0.05) is 13.8 Å². The lowest BCUT2D eigenvalue weighted by Crippen LogP contribution is -2.47. The van der Waals surface area contributed by atoms with Crippen LogP contribution >= 0.6 is 0 Å². The summed E-state index contributed by atoms with van der Waals surface area (Å²) in [5.74, 6) is 1.16. The topological polar surface area (TPSA) is 63.2 Å². The summed E-state index contributed by atoms with van der Waals surface area (Å²) in [7, 11) is 4.00. The highest BCUT2D eigenvalue weighted by Crippen LogP contribution is 2.12. The van der Waals surface area contributed by atoms with Crippen molar-refractivity contribution in [2.45, 2.75) is 32.7 Å². The molecule has 2 aliphatic rings. The summed E-state index contributed by atoms with van der Waals surface area (Å²) in [6, 6.07) is 0.292. The number of nitrogens with zero attached hydrogens (tertiary/aromatic N) is 4. The predicted molar refractivity (Wildman–Crippen MR) is 103 cm³/mol. The molecule has 0 aromatic heterocycles. The van der Waals surface area contributed by atoms with E-state index in [0.29, 0.717) is 6.04 Å². The van der Waals surface area contributed by atoms with Gasteiger partial charge in [0.15, 0.2) is 5.96 Å². The lowest BCUT2D eigenvalue weighted by molar-refractivity contribution is -0.133. The molecule has 0 spiro atoms. The van der Waals surface area contributed by atoms with Crippen molar-refractivity contribution in [3.63, 3.8) is 0 Å². The van der Waals surface area contributed by atoms with Crippen LogP contribution in [-0.4, -0.2) is 99.1 Å². The molecule has 7 nitrogen and oxygen atoms in total. The smallest absolute Gasteiger partial charge is 0.225 e. The first-order valence-electron chi connectivity index (χ1n) is 9.66. The van der Waals surface area contributed by atoms with E-state index in [4.69, 9.17) is 0 Å². The second-order valence-corrected chi connectivity index (χ2v) is 7.57. The average Bonchev–Trinajstić information content (AvgIpc) is 2.95. The molecular weight excluding hydrogens is 316 g/mol. The second kappa shape index (κ2) is 9.97. The molecule has 1 unspecified atom stereocenters. The number of hydrogen-bond donors (Lipinski definition) is 2. The summed E-state index contributed by atoms with van der Waals surface area (Å²) >= 11 is 0. The molecule has 7 heteroatoms. The highest BCUT2D eigenvalue weighted by Gasteiger charge is 2.27. The van der Waals surface area contributed by atoms with Gasteiger partial charge >= 0.3 is 0 Å². The first kappa shape index (κ1) is 20.0. The van der Waals surface area contributed by atoms with Crippen molar-refractivity contribution in [2.24, 2.45) is 10.9 Å². The van der Waals surface area contributed by atoms with Gasteiger partial charge in [-0.25, -0.2) is 0 Å². The van der Waals surface area contributed by atoms with Crippen LogP contribution in [0.2, 0.25) is 0 Å². The average molecular weight is 353 g/mol. The Morgan fingerprint density at radius 1 is 1.20 bits per heavy atom. The van der Waals surface area contributed by atoms with Crippen LogP contribution in [0.5, 0.6) is 0 Å². The van der Waals surface area contributed by atoms with Crippen molar-refractivity contribution in [1.82, 2.24) is 25.3 Å². The number of hydrogen-bond acceptors (Lipinski definition) is 4. The summed E-state index contributed by atoms with van der Waals surface area (Å²) in [4.78, 5) is 23.3. The van der Waals surface area contributed by atoms with E-state index in [1.54, 1.807) is 0 Å². The molecule has 0 aromatic carbocycles. The molecular formula is C18H36N6O. The Morgan fingerprint density at radius 3 is 2.72 bits per heavy atom. The summed E-state index contributed by atoms with van der Waals surface area (Å²) in [5.41, 5.74) is 0. The summed E-state index contributed by atoms with van der Waals surface area (Å²) in [6.07, 6.45) is 2.23. The minimum Gasteiger partial charge on any atom is -0.355 e. The third-order valence-electron chi connectivity index (χ3n) is 5.09. The van der Waals surface area contributed by atoms with Gasteiger partial charge in [0.2, 0.25) is 5.91 Å². The van der Waals surface area contributed by atoms with Crippen molar-refractivity contribution in [3.05, 3.63) is 0 Å². The van der Waals surface area contributed by atoms with Crippen LogP contribution in [0, 0.1) is 5.92 Å². The van der Waals surface area contributed by atoms with Crippen molar-refractivity contribution in [1.29, 1.82) is 0 Å². The molecule has 0 saturated carbocycles. The molecule has 144 valence electrons. The Kier molecular flexibility index (Phi) is 7.96. The van der Waals surface area contributed by atoms with Gasteiger partial charge in [0.1, 0.15) is 0 Å². The zero-order valence-electron chi connectivity index (χ0n) is 16.4. The largest absolute Gasteiger partial charge is 0.355 e. The highest BCUT2D eigenvalue weighted by atomic mass is 16.2. The Hall–Kier alpha value is -1.34. The molecule has 2 rings (SSSR count). The monoisotopic (exact) mass is 352 g/mol. The van der Waals surface area contributed by atoms with Crippen molar-refractivity contribution in [3.8, 4) is 0 Å². The van der Waals surface area contributed by atoms with Crippen molar-refractivity contribution >= 4 is 11.9 Å². The molecule has 0 aromatic rings. The minimum atomic E-state index is 0.0730. The number of guanidine groups is 1. The molecule has 0 aliphatic carbocycles. The first-order chi connectivity index (χ1) is 12.0. The van der Waals surface area contributed by atoms with Crippen LogP contribution in [0.3, 0.4) is 0 Å². The molecule has 0 bridgehead atoms. The number of rotatable bonds is 5. The van der Waals surface area contributed by atoms with Crippen LogP contribution in [-0.2, 0) is 4.79 Å². The fourth-order valence-electron chi connectivity index (χ4n) is 3.49. The number of carbonyl (C=O) groups is 1. The van der Waals surface area contributed by atoms with E-state index in [0.717, 1.165) is 51.6 Å². The van der Waals surface area contributed by atoms with Crippen LogP contribution in [0.1, 0.15) is 26.7 Å². The van der Waals surface area contributed by atoms with Gasteiger partial charge in [-0.15, -0.1) is 0 Å². The predicted octanol–water partition coefficient (Wildman–Crippen LogP) is 0.0458.